The van der Waals surface area contributed by atoms with Crippen LogP contribution in [0.1, 0.15) is 48.3 Å². The number of halogens is 2. The van der Waals surface area contributed by atoms with Crippen LogP contribution < -0.4 is 10.5 Å². The molecule has 0 fully saturated rings. The summed E-state index contributed by atoms with van der Waals surface area (Å²) < 4.78 is 34.2. The number of pyridine rings is 1. The maximum atomic E-state index is 12.1. The number of hydrogen-bond donors (Lipinski definition) is 1. The summed E-state index contributed by atoms with van der Waals surface area (Å²) in [6, 6.07) is 1.65. The molecule has 126 valence electrons. The van der Waals surface area contributed by atoms with Crippen molar-refractivity contribution in [2.24, 2.45) is 5.73 Å². The number of primary amides is 1. The van der Waals surface area contributed by atoms with E-state index in [4.69, 9.17) is 10.5 Å². The van der Waals surface area contributed by atoms with Crippen LogP contribution in [-0.2, 0) is 11.2 Å². The molecule has 1 aromatic heterocycles. The molecule has 0 bridgehead atoms. The van der Waals surface area contributed by atoms with Gasteiger partial charge in [-0.05, 0) is 43.4 Å². The summed E-state index contributed by atoms with van der Waals surface area (Å²) in [4.78, 5) is 15.6. The first-order valence-electron chi connectivity index (χ1n) is 7.49. The predicted octanol–water partition coefficient (Wildman–Crippen LogP) is 2.93. The van der Waals surface area contributed by atoms with Crippen LogP contribution in [0.5, 0.6) is 5.88 Å². The quantitative estimate of drug-likeness (QED) is 0.872. The van der Waals surface area contributed by atoms with Crippen molar-refractivity contribution in [2.45, 2.75) is 45.8 Å². The van der Waals surface area contributed by atoms with Crippen LogP contribution in [0.15, 0.2) is 12.1 Å². The number of fused-ring (bicyclic) bond motifs is 1. The number of rotatable bonds is 6. The highest BCUT2D eigenvalue weighted by Gasteiger charge is 2.26. The SMILES string of the molecule is CC/C=C(\C)c1cc(C(N)=O)nc2c1CCC(COC(F)F)O2. The van der Waals surface area contributed by atoms with Gasteiger partial charge >= 0.3 is 6.61 Å². The highest BCUT2D eigenvalue weighted by atomic mass is 19.3. The van der Waals surface area contributed by atoms with E-state index in [2.05, 4.69) is 9.72 Å². The van der Waals surface area contributed by atoms with Crippen molar-refractivity contribution in [3.63, 3.8) is 0 Å². The molecule has 1 atom stereocenters. The Morgan fingerprint density at radius 2 is 2.35 bits per heavy atom. The monoisotopic (exact) mass is 326 g/mol. The number of nitrogens with zero attached hydrogens (tertiary/aromatic N) is 1. The lowest BCUT2D eigenvalue weighted by Crippen LogP contribution is -2.30. The van der Waals surface area contributed by atoms with Crippen molar-refractivity contribution < 1.29 is 23.0 Å². The number of amides is 1. The molecule has 1 unspecified atom stereocenters. The molecule has 1 aliphatic rings. The van der Waals surface area contributed by atoms with Crippen LogP contribution in [-0.4, -0.2) is 30.2 Å². The smallest absolute Gasteiger partial charge is 0.345 e. The topological polar surface area (TPSA) is 74.4 Å². The molecule has 23 heavy (non-hydrogen) atoms. The van der Waals surface area contributed by atoms with Gasteiger partial charge in [-0.3, -0.25) is 4.79 Å². The Hall–Kier alpha value is -2.02. The molecule has 0 saturated carbocycles. The van der Waals surface area contributed by atoms with Gasteiger partial charge < -0.3 is 15.2 Å². The number of hydrogen-bond acceptors (Lipinski definition) is 4. The molecule has 0 radical (unpaired) electrons. The molecule has 2 rings (SSSR count). The van der Waals surface area contributed by atoms with E-state index in [0.29, 0.717) is 12.8 Å². The second-order valence-corrected chi connectivity index (χ2v) is 5.37. The van der Waals surface area contributed by atoms with Gasteiger partial charge in [0, 0.05) is 5.56 Å². The normalized spacial score (nSPS) is 17.8. The summed E-state index contributed by atoms with van der Waals surface area (Å²) in [5.41, 5.74) is 8.14. The molecule has 2 heterocycles. The number of alkyl halides is 2. The molecule has 1 aromatic rings. The Balaban J connectivity index is 2.34. The standard InChI is InChI=1S/C16H20F2N2O3/c1-3-4-9(2)12-7-13(14(19)21)20-15-11(12)6-5-10(23-15)8-22-16(17)18/h4,7,10,16H,3,5-6,8H2,1-2H3,(H2,19,21)/b9-4+. The van der Waals surface area contributed by atoms with Crippen LogP contribution in [0.4, 0.5) is 8.78 Å². The first kappa shape index (κ1) is 17.3. The zero-order valence-corrected chi connectivity index (χ0v) is 13.1. The van der Waals surface area contributed by atoms with Crippen molar-refractivity contribution in [2.75, 3.05) is 6.61 Å². The van der Waals surface area contributed by atoms with Gasteiger partial charge in [-0.25, -0.2) is 4.98 Å². The van der Waals surface area contributed by atoms with Crippen molar-refractivity contribution in [3.8, 4) is 5.88 Å². The average molecular weight is 326 g/mol. The molecule has 7 heteroatoms. The van der Waals surface area contributed by atoms with Gasteiger partial charge in [0.1, 0.15) is 11.8 Å². The fraction of sp³-hybridized carbons (Fsp3) is 0.500. The van der Waals surface area contributed by atoms with Crippen molar-refractivity contribution >= 4 is 11.5 Å². The summed E-state index contributed by atoms with van der Waals surface area (Å²) in [6.07, 6.45) is 3.52. The number of aromatic nitrogens is 1. The van der Waals surface area contributed by atoms with Crippen molar-refractivity contribution in [3.05, 3.63) is 29.0 Å². The Bertz CT molecular complexity index is 618. The second-order valence-electron chi connectivity index (χ2n) is 5.37. The number of allylic oxidation sites excluding steroid dienone is 2. The Labute approximate surface area is 133 Å². The lowest BCUT2D eigenvalue weighted by molar-refractivity contribution is -0.146. The zero-order valence-electron chi connectivity index (χ0n) is 13.1. The minimum Gasteiger partial charge on any atom is -0.472 e. The highest BCUT2D eigenvalue weighted by molar-refractivity contribution is 5.92. The third kappa shape index (κ3) is 4.25. The minimum atomic E-state index is -2.84. The summed E-state index contributed by atoms with van der Waals surface area (Å²) in [5.74, 6) is -0.387. The maximum absolute atomic E-state index is 12.1. The lowest BCUT2D eigenvalue weighted by Gasteiger charge is -2.27. The lowest BCUT2D eigenvalue weighted by atomic mass is 9.94. The molecular weight excluding hydrogens is 306 g/mol. The summed E-state index contributed by atoms with van der Waals surface area (Å²) >= 11 is 0. The summed E-state index contributed by atoms with van der Waals surface area (Å²) in [5, 5.41) is 0. The molecule has 0 aliphatic carbocycles. The second kappa shape index (κ2) is 7.50. The van der Waals surface area contributed by atoms with Crippen LogP contribution in [0.25, 0.3) is 5.57 Å². The molecule has 0 saturated heterocycles. The molecule has 2 N–H and O–H groups in total. The number of nitrogens with two attached hydrogens (primary N) is 1. The first-order valence-corrected chi connectivity index (χ1v) is 7.49. The Morgan fingerprint density at radius 1 is 1.61 bits per heavy atom. The van der Waals surface area contributed by atoms with Crippen molar-refractivity contribution in [1.29, 1.82) is 0 Å². The molecule has 5 nitrogen and oxygen atoms in total. The molecule has 0 aromatic carbocycles. The molecular formula is C16H20F2N2O3. The number of carbonyl (C=O) groups is 1. The number of ether oxygens (including phenoxy) is 2. The van der Waals surface area contributed by atoms with Crippen LogP contribution >= 0.6 is 0 Å². The van der Waals surface area contributed by atoms with Crippen LogP contribution in [0.2, 0.25) is 0 Å². The maximum Gasteiger partial charge on any atom is 0.345 e. The van der Waals surface area contributed by atoms with E-state index in [9.17, 15) is 13.6 Å². The van der Waals surface area contributed by atoms with Gasteiger partial charge in [-0.1, -0.05) is 13.0 Å². The largest absolute Gasteiger partial charge is 0.472 e. The predicted molar refractivity (Wildman–Crippen MR) is 81.4 cm³/mol. The van der Waals surface area contributed by atoms with E-state index >= 15 is 0 Å². The number of carbonyl (C=O) groups excluding carboxylic acids is 1. The van der Waals surface area contributed by atoms with E-state index in [1.54, 1.807) is 6.07 Å². The van der Waals surface area contributed by atoms with Gasteiger partial charge in [0.15, 0.2) is 0 Å². The fourth-order valence-corrected chi connectivity index (χ4v) is 2.60. The van der Waals surface area contributed by atoms with Gasteiger partial charge in [-0.2, -0.15) is 8.78 Å². The Morgan fingerprint density at radius 3 is 2.96 bits per heavy atom. The van der Waals surface area contributed by atoms with Gasteiger partial charge in [0.25, 0.3) is 5.91 Å². The van der Waals surface area contributed by atoms with Gasteiger partial charge in [-0.15, -0.1) is 0 Å². The summed E-state index contributed by atoms with van der Waals surface area (Å²) in [6.45, 7) is 0.893. The summed E-state index contributed by atoms with van der Waals surface area (Å²) in [7, 11) is 0. The van der Waals surface area contributed by atoms with E-state index < -0.39 is 18.6 Å². The third-order valence-electron chi connectivity index (χ3n) is 3.68. The Kier molecular flexibility index (Phi) is 5.65. The van der Waals surface area contributed by atoms with Gasteiger partial charge in [0.05, 0.1) is 6.61 Å². The molecule has 0 spiro atoms. The average Bonchev–Trinajstić information content (AvgIpc) is 2.51. The fourth-order valence-electron chi connectivity index (χ4n) is 2.60. The van der Waals surface area contributed by atoms with E-state index in [0.717, 1.165) is 23.1 Å². The van der Waals surface area contributed by atoms with E-state index in [1.165, 1.54) is 0 Å². The first-order chi connectivity index (χ1) is 10.9. The molecule has 1 amide bonds. The third-order valence-corrected chi connectivity index (χ3v) is 3.68. The van der Waals surface area contributed by atoms with E-state index in [1.807, 2.05) is 19.9 Å². The minimum absolute atomic E-state index is 0.0954. The van der Waals surface area contributed by atoms with Crippen LogP contribution in [0.3, 0.4) is 0 Å². The van der Waals surface area contributed by atoms with Crippen LogP contribution in [0, 0.1) is 0 Å². The molecule has 1 aliphatic heterocycles. The zero-order chi connectivity index (χ0) is 17.0. The van der Waals surface area contributed by atoms with E-state index in [-0.39, 0.29) is 18.2 Å². The highest BCUT2D eigenvalue weighted by Crippen LogP contribution is 2.33. The van der Waals surface area contributed by atoms with Gasteiger partial charge in [0.2, 0.25) is 5.88 Å². The van der Waals surface area contributed by atoms with Crippen molar-refractivity contribution in [1.82, 2.24) is 4.98 Å².